The summed E-state index contributed by atoms with van der Waals surface area (Å²) in [7, 11) is 3.12. The molecule has 0 radical (unpaired) electrons. The molecule has 0 amide bonds. The summed E-state index contributed by atoms with van der Waals surface area (Å²) in [5.41, 5.74) is 3.40. The average molecular weight is 328 g/mol. The van der Waals surface area contributed by atoms with E-state index in [1.54, 1.807) is 20.3 Å². The first-order valence-corrected chi connectivity index (χ1v) is 8.23. The van der Waals surface area contributed by atoms with Gasteiger partial charge in [0, 0.05) is 5.92 Å². The van der Waals surface area contributed by atoms with Gasteiger partial charge in [-0.3, -0.25) is 0 Å². The number of phenolic OH excluding ortho intramolecular Hbond substituents is 2. The van der Waals surface area contributed by atoms with Crippen molar-refractivity contribution in [2.24, 2.45) is 11.8 Å². The van der Waals surface area contributed by atoms with Crippen molar-refractivity contribution in [3.63, 3.8) is 0 Å². The quantitative estimate of drug-likeness (QED) is 0.891. The molecule has 0 aliphatic heterocycles. The minimum Gasteiger partial charge on any atom is -0.504 e. The van der Waals surface area contributed by atoms with Gasteiger partial charge in [-0.2, -0.15) is 0 Å². The van der Waals surface area contributed by atoms with Crippen LogP contribution in [-0.2, 0) is 6.42 Å². The van der Waals surface area contributed by atoms with E-state index < -0.39 is 0 Å². The molecule has 0 aromatic heterocycles. The van der Waals surface area contributed by atoms with E-state index in [1.165, 1.54) is 5.56 Å². The predicted molar refractivity (Wildman–Crippen MR) is 93.2 cm³/mol. The number of fused-ring (bicyclic) bond motifs is 1. The van der Waals surface area contributed by atoms with Gasteiger partial charge in [-0.25, -0.2) is 0 Å². The van der Waals surface area contributed by atoms with E-state index in [0.29, 0.717) is 23.3 Å². The molecule has 4 heteroatoms. The molecule has 128 valence electrons. The van der Waals surface area contributed by atoms with Crippen molar-refractivity contribution < 1.29 is 19.7 Å². The topological polar surface area (TPSA) is 58.9 Å². The van der Waals surface area contributed by atoms with E-state index in [9.17, 15) is 10.2 Å². The molecule has 0 saturated heterocycles. The molecule has 0 saturated carbocycles. The second-order valence-electron chi connectivity index (χ2n) is 6.67. The van der Waals surface area contributed by atoms with E-state index >= 15 is 0 Å². The van der Waals surface area contributed by atoms with Gasteiger partial charge in [0.25, 0.3) is 0 Å². The Morgan fingerprint density at radius 1 is 0.917 bits per heavy atom. The van der Waals surface area contributed by atoms with Gasteiger partial charge in [-0.05, 0) is 59.2 Å². The van der Waals surface area contributed by atoms with Crippen molar-refractivity contribution in [3.05, 3.63) is 47.0 Å². The fourth-order valence-corrected chi connectivity index (χ4v) is 3.77. The Kier molecular flexibility index (Phi) is 4.31. The van der Waals surface area contributed by atoms with E-state index in [4.69, 9.17) is 9.47 Å². The Balaban J connectivity index is 2.15. The molecule has 2 aromatic rings. The summed E-state index contributed by atoms with van der Waals surface area (Å²) in [6, 6.07) is 9.25. The van der Waals surface area contributed by atoms with Gasteiger partial charge >= 0.3 is 0 Å². The zero-order valence-electron chi connectivity index (χ0n) is 14.5. The van der Waals surface area contributed by atoms with Crippen LogP contribution in [-0.4, -0.2) is 24.4 Å². The summed E-state index contributed by atoms with van der Waals surface area (Å²) in [5, 5.41) is 20.1. The molecular formula is C20H24O4. The van der Waals surface area contributed by atoms with Crippen molar-refractivity contribution in [2.75, 3.05) is 14.2 Å². The smallest absolute Gasteiger partial charge is 0.160 e. The van der Waals surface area contributed by atoms with Crippen LogP contribution in [0.3, 0.4) is 0 Å². The highest BCUT2D eigenvalue weighted by Gasteiger charge is 2.34. The van der Waals surface area contributed by atoms with Crippen LogP contribution in [0.4, 0.5) is 0 Å². The highest BCUT2D eigenvalue weighted by molar-refractivity contribution is 5.53. The number of hydrogen-bond acceptors (Lipinski definition) is 4. The van der Waals surface area contributed by atoms with Crippen LogP contribution in [0.1, 0.15) is 36.5 Å². The van der Waals surface area contributed by atoms with Crippen LogP contribution >= 0.6 is 0 Å². The van der Waals surface area contributed by atoms with Crippen molar-refractivity contribution in [1.82, 2.24) is 0 Å². The molecular weight excluding hydrogens is 304 g/mol. The van der Waals surface area contributed by atoms with Gasteiger partial charge in [-0.15, -0.1) is 0 Å². The van der Waals surface area contributed by atoms with E-state index in [-0.39, 0.29) is 17.4 Å². The maximum Gasteiger partial charge on any atom is 0.160 e. The maximum absolute atomic E-state index is 10.2. The lowest BCUT2D eigenvalue weighted by Crippen LogP contribution is -2.26. The third-order valence-corrected chi connectivity index (χ3v) is 5.30. The van der Waals surface area contributed by atoms with Crippen LogP contribution in [0.15, 0.2) is 30.3 Å². The first-order valence-electron chi connectivity index (χ1n) is 8.23. The second kappa shape index (κ2) is 6.27. The van der Waals surface area contributed by atoms with Crippen molar-refractivity contribution in [3.8, 4) is 23.0 Å². The fraction of sp³-hybridized carbons (Fsp3) is 0.400. The number of benzene rings is 2. The zero-order valence-corrected chi connectivity index (χ0v) is 14.5. The van der Waals surface area contributed by atoms with Gasteiger partial charge in [0.2, 0.25) is 0 Å². The Bertz CT molecular complexity index is 754. The molecule has 2 aromatic carbocycles. The first-order chi connectivity index (χ1) is 11.5. The third-order valence-electron chi connectivity index (χ3n) is 5.30. The van der Waals surface area contributed by atoms with Gasteiger partial charge in [0.1, 0.15) is 0 Å². The molecule has 24 heavy (non-hydrogen) atoms. The molecule has 1 aliphatic carbocycles. The molecule has 1 aliphatic rings. The van der Waals surface area contributed by atoms with E-state index in [1.807, 2.05) is 24.3 Å². The lowest BCUT2D eigenvalue weighted by atomic mass is 9.68. The summed E-state index contributed by atoms with van der Waals surface area (Å²) in [5.74, 6) is 2.31. The summed E-state index contributed by atoms with van der Waals surface area (Å²) in [6.07, 6.45) is 0.957. The average Bonchev–Trinajstić information content (AvgIpc) is 2.57. The maximum atomic E-state index is 10.2. The summed E-state index contributed by atoms with van der Waals surface area (Å²) in [4.78, 5) is 0. The van der Waals surface area contributed by atoms with Gasteiger partial charge in [-0.1, -0.05) is 19.9 Å². The van der Waals surface area contributed by atoms with Crippen LogP contribution in [0.5, 0.6) is 23.0 Å². The number of phenols is 2. The molecule has 0 fully saturated rings. The molecule has 0 unspecified atom stereocenters. The van der Waals surface area contributed by atoms with Crippen molar-refractivity contribution in [1.29, 1.82) is 0 Å². The van der Waals surface area contributed by atoms with Gasteiger partial charge < -0.3 is 19.7 Å². The molecule has 2 N–H and O–H groups in total. The van der Waals surface area contributed by atoms with Crippen LogP contribution in [0.2, 0.25) is 0 Å². The lowest BCUT2D eigenvalue weighted by Gasteiger charge is -2.37. The van der Waals surface area contributed by atoms with Crippen LogP contribution in [0, 0.1) is 11.8 Å². The molecule has 0 heterocycles. The van der Waals surface area contributed by atoms with Gasteiger partial charge in [0.15, 0.2) is 23.0 Å². The van der Waals surface area contributed by atoms with E-state index in [0.717, 1.165) is 17.5 Å². The molecule has 3 atom stereocenters. The highest BCUT2D eigenvalue weighted by Crippen LogP contribution is 2.47. The monoisotopic (exact) mass is 328 g/mol. The van der Waals surface area contributed by atoms with Crippen molar-refractivity contribution in [2.45, 2.75) is 26.2 Å². The molecule has 0 spiro atoms. The normalized spacial score (nSPS) is 22.8. The molecule has 3 rings (SSSR count). The fourth-order valence-electron chi connectivity index (χ4n) is 3.77. The second-order valence-corrected chi connectivity index (χ2v) is 6.67. The van der Waals surface area contributed by atoms with Gasteiger partial charge in [0.05, 0.1) is 14.2 Å². The molecule has 0 bridgehead atoms. The van der Waals surface area contributed by atoms with Crippen LogP contribution in [0.25, 0.3) is 0 Å². The number of rotatable bonds is 3. The number of ether oxygens (including phenoxy) is 2. The Morgan fingerprint density at radius 3 is 2.25 bits per heavy atom. The summed E-state index contributed by atoms with van der Waals surface area (Å²) in [6.45, 7) is 4.48. The minimum atomic E-state index is 0.134. The largest absolute Gasteiger partial charge is 0.504 e. The Labute approximate surface area is 142 Å². The minimum absolute atomic E-state index is 0.134. The van der Waals surface area contributed by atoms with Crippen molar-refractivity contribution >= 4 is 0 Å². The van der Waals surface area contributed by atoms with E-state index in [2.05, 4.69) is 13.8 Å². The SMILES string of the molecule is COc1cc([C@H]2c3cc(O)c(OC)cc3C[C@@H](C)[C@@H]2C)ccc1O. The predicted octanol–water partition coefficient (Wildman–Crippen LogP) is 4.08. The number of methoxy groups -OCH3 is 2. The number of hydrogen-bond donors (Lipinski definition) is 2. The summed E-state index contributed by atoms with van der Waals surface area (Å²) < 4.78 is 10.5. The highest BCUT2D eigenvalue weighted by atomic mass is 16.5. The lowest BCUT2D eigenvalue weighted by molar-refractivity contribution is 0.319. The Hall–Kier alpha value is -2.36. The van der Waals surface area contributed by atoms with Crippen LogP contribution < -0.4 is 9.47 Å². The molecule has 4 nitrogen and oxygen atoms in total. The first kappa shape index (κ1) is 16.5. The zero-order chi connectivity index (χ0) is 17.4. The standard InChI is InChI=1S/C20H24O4/c1-11-7-14-9-19(24-4)17(22)10-15(14)20(12(11)2)13-5-6-16(21)18(8-13)23-3/h5-6,8-12,20-22H,7H2,1-4H3/t11-,12+,20+/m1/s1. The third kappa shape index (κ3) is 2.66. The summed E-state index contributed by atoms with van der Waals surface area (Å²) >= 11 is 0. The number of aromatic hydroxyl groups is 2. The Morgan fingerprint density at radius 2 is 1.58 bits per heavy atom.